The topological polar surface area (TPSA) is 24.9 Å². The first-order chi connectivity index (χ1) is 8.87. The molecule has 0 unspecified atom stereocenters. The third kappa shape index (κ3) is 4.57. The van der Waals surface area contributed by atoms with Gasteiger partial charge in [0.15, 0.2) is 0 Å². The maximum Gasteiger partial charge on any atom is 0.0934 e. The Bertz CT molecular complexity index is 372. The van der Waals surface area contributed by atoms with Crippen molar-refractivity contribution in [1.29, 1.82) is 0 Å². The lowest BCUT2D eigenvalue weighted by Crippen LogP contribution is -2.35. The largest absolute Gasteiger partial charge is 0.316 e. The highest BCUT2D eigenvalue weighted by Gasteiger charge is 2.28. The summed E-state index contributed by atoms with van der Waals surface area (Å²) in [4.78, 5) is 4.86. The maximum absolute atomic E-state index is 4.86. The van der Waals surface area contributed by atoms with Gasteiger partial charge in [0, 0.05) is 23.8 Å². The minimum atomic E-state index is 0.164. The number of aromatic nitrogens is 1. The molecule has 0 aromatic carbocycles. The fourth-order valence-corrected chi connectivity index (χ4v) is 3.45. The van der Waals surface area contributed by atoms with Crippen LogP contribution in [0.1, 0.15) is 65.1 Å². The van der Waals surface area contributed by atoms with Crippen LogP contribution in [0.25, 0.3) is 0 Å². The highest BCUT2D eigenvalue weighted by Crippen LogP contribution is 2.33. The second kappa shape index (κ2) is 6.85. The number of nitrogens with one attached hydrogen (secondary N) is 1. The van der Waals surface area contributed by atoms with E-state index in [0.29, 0.717) is 5.41 Å². The molecule has 0 aliphatic carbocycles. The normalized spacial score (nSPS) is 12.9. The van der Waals surface area contributed by atoms with E-state index >= 15 is 0 Å². The molecule has 1 N–H and O–H groups in total. The van der Waals surface area contributed by atoms with Gasteiger partial charge in [-0.3, -0.25) is 0 Å². The Labute approximate surface area is 123 Å². The third-order valence-electron chi connectivity index (χ3n) is 4.10. The number of thiazole rings is 1. The summed E-state index contributed by atoms with van der Waals surface area (Å²) in [5.41, 5.74) is 1.76. The average molecular weight is 282 g/mol. The highest BCUT2D eigenvalue weighted by atomic mass is 32.1. The standard InChI is InChI=1S/C16H30N2S/c1-7-16(8-2,12-17-9-3)10-14-18-13(11-19-14)15(4,5)6/h11,17H,7-10,12H2,1-6H3. The Morgan fingerprint density at radius 3 is 2.21 bits per heavy atom. The zero-order valence-corrected chi connectivity index (χ0v) is 14.3. The molecule has 1 aromatic rings. The number of rotatable bonds is 7. The molecular weight excluding hydrogens is 252 g/mol. The SMILES string of the molecule is CCNCC(CC)(CC)Cc1nc(C(C)(C)C)cs1. The van der Waals surface area contributed by atoms with E-state index in [1.54, 1.807) is 0 Å². The van der Waals surface area contributed by atoms with Gasteiger partial charge in [-0.1, -0.05) is 41.5 Å². The summed E-state index contributed by atoms with van der Waals surface area (Å²) in [7, 11) is 0. The van der Waals surface area contributed by atoms with Crippen molar-refractivity contribution in [3.05, 3.63) is 16.1 Å². The smallest absolute Gasteiger partial charge is 0.0934 e. The Kier molecular flexibility index (Phi) is 6.00. The zero-order valence-electron chi connectivity index (χ0n) is 13.5. The third-order valence-corrected chi connectivity index (χ3v) is 4.95. The van der Waals surface area contributed by atoms with Crippen LogP contribution in [0, 0.1) is 5.41 Å². The van der Waals surface area contributed by atoms with Crippen molar-refractivity contribution in [2.45, 2.75) is 66.2 Å². The lowest BCUT2D eigenvalue weighted by Gasteiger charge is -2.31. The van der Waals surface area contributed by atoms with Crippen LogP contribution >= 0.6 is 11.3 Å². The quantitative estimate of drug-likeness (QED) is 0.802. The first-order valence-corrected chi connectivity index (χ1v) is 8.40. The molecule has 0 amide bonds. The summed E-state index contributed by atoms with van der Waals surface area (Å²) in [6, 6.07) is 0. The van der Waals surface area contributed by atoms with Crippen LogP contribution < -0.4 is 5.32 Å². The van der Waals surface area contributed by atoms with E-state index in [0.717, 1.165) is 19.5 Å². The van der Waals surface area contributed by atoms with Crippen LogP contribution in [-0.4, -0.2) is 18.1 Å². The van der Waals surface area contributed by atoms with Crippen LogP contribution in [0.15, 0.2) is 5.38 Å². The lowest BCUT2D eigenvalue weighted by atomic mass is 9.79. The fourth-order valence-electron chi connectivity index (χ4n) is 2.26. The predicted molar refractivity (Wildman–Crippen MR) is 86.1 cm³/mol. The predicted octanol–water partition coefficient (Wildman–Crippen LogP) is 4.40. The van der Waals surface area contributed by atoms with E-state index in [1.165, 1.54) is 23.5 Å². The molecule has 0 fully saturated rings. The van der Waals surface area contributed by atoms with Crippen molar-refractivity contribution >= 4 is 11.3 Å². The lowest BCUT2D eigenvalue weighted by molar-refractivity contribution is 0.248. The molecule has 1 aromatic heterocycles. The molecule has 3 heteroatoms. The molecule has 110 valence electrons. The van der Waals surface area contributed by atoms with E-state index in [4.69, 9.17) is 4.98 Å². The summed E-state index contributed by atoms with van der Waals surface area (Å²) in [5.74, 6) is 0. The van der Waals surface area contributed by atoms with Crippen LogP contribution in [-0.2, 0) is 11.8 Å². The minimum Gasteiger partial charge on any atom is -0.316 e. The first kappa shape index (κ1) is 16.6. The van der Waals surface area contributed by atoms with Gasteiger partial charge in [-0.25, -0.2) is 4.98 Å². The van der Waals surface area contributed by atoms with Crippen LogP contribution in [0.2, 0.25) is 0 Å². The second-order valence-corrected chi connectivity index (χ2v) is 7.48. The molecule has 0 saturated heterocycles. The minimum absolute atomic E-state index is 0.164. The molecular formula is C16H30N2S. The van der Waals surface area contributed by atoms with Gasteiger partial charge in [0.25, 0.3) is 0 Å². The molecule has 0 saturated carbocycles. The van der Waals surface area contributed by atoms with E-state index in [-0.39, 0.29) is 5.41 Å². The van der Waals surface area contributed by atoms with E-state index in [9.17, 15) is 0 Å². The molecule has 1 heterocycles. The van der Waals surface area contributed by atoms with Crippen LogP contribution in [0.3, 0.4) is 0 Å². The highest BCUT2D eigenvalue weighted by molar-refractivity contribution is 7.09. The summed E-state index contributed by atoms with van der Waals surface area (Å²) in [6.07, 6.45) is 3.52. The Hall–Kier alpha value is -0.410. The number of hydrogen-bond donors (Lipinski definition) is 1. The number of hydrogen-bond acceptors (Lipinski definition) is 3. The van der Waals surface area contributed by atoms with Gasteiger partial charge in [-0.05, 0) is 24.8 Å². The molecule has 0 spiro atoms. The first-order valence-electron chi connectivity index (χ1n) is 7.52. The monoisotopic (exact) mass is 282 g/mol. The van der Waals surface area contributed by atoms with Gasteiger partial charge < -0.3 is 5.32 Å². The Morgan fingerprint density at radius 1 is 1.16 bits per heavy atom. The molecule has 1 rings (SSSR count). The van der Waals surface area contributed by atoms with Crippen molar-refractivity contribution in [2.75, 3.05) is 13.1 Å². The maximum atomic E-state index is 4.86. The van der Waals surface area contributed by atoms with Gasteiger partial charge in [0.05, 0.1) is 10.7 Å². The molecule has 2 nitrogen and oxygen atoms in total. The van der Waals surface area contributed by atoms with Gasteiger partial charge in [-0.2, -0.15) is 0 Å². The molecule has 0 aliphatic rings. The Morgan fingerprint density at radius 2 is 1.79 bits per heavy atom. The van der Waals surface area contributed by atoms with Gasteiger partial charge in [0.2, 0.25) is 0 Å². The summed E-state index contributed by atoms with van der Waals surface area (Å²) >= 11 is 1.83. The van der Waals surface area contributed by atoms with Gasteiger partial charge in [0.1, 0.15) is 0 Å². The van der Waals surface area contributed by atoms with Crippen molar-refractivity contribution < 1.29 is 0 Å². The summed E-state index contributed by atoms with van der Waals surface area (Å²) in [6.45, 7) is 15.6. The van der Waals surface area contributed by atoms with E-state index in [2.05, 4.69) is 52.2 Å². The van der Waals surface area contributed by atoms with E-state index < -0.39 is 0 Å². The molecule has 0 aliphatic heterocycles. The van der Waals surface area contributed by atoms with Crippen LogP contribution in [0.5, 0.6) is 0 Å². The molecule has 19 heavy (non-hydrogen) atoms. The van der Waals surface area contributed by atoms with Crippen molar-refractivity contribution in [3.63, 3.8) is 0 Å². The zero-order chi connectivity index (χ0) is 14.5. The second-order valence-electron chi connectivity index (χ2n) is 6.54. The fraction of sp³-hybridized carbons (Fsp3) is 0.812. The molecule has 0 atom stereocenters. The van der Waals surface area contributed by atoms with Crippen LogP contribution in [0.4, 0.5) is 0 Å². The number of nitrogens with zero attached hydrogens (tertiary/aromatic N) is 1. The van der Waals surface area contributed by atoms with Crippen molar-refractivity contribution in [1.82, 2.24) is 10.3 Å². The molecule has 0 bridgehead atoms. The van der Waals surface area contributed by atoms with Gasteiger partial charge >= 0.3 is 0 Å². The van der Waals surface area contributed by atoms with E-state index in [1.807, 2.05) is 11.3 Å². The van der Waals surface area contributed by atoms with Crippen molar-refractivity contribution in [3.8, 4) is 0 Å². The summed E-state index contributed by atoms with van der Waals surface area (Å²) < 4.78 is 0. The van der Waals surface area contributed by atoms with Gasteiger partial charge in [-0.15, -0.1) is 11.3 Å². The average Bonchev–Trinajstić information content (AvgIpc) is 2.83. The Balaban J connectivity index is 2.82. The van der Waals surface area contributed by atoms with Crippen molar-refractivity contribution in [2.24, 2.45) is 5.41 Å². The summed E-state index contributed by atoms with van der Waals surface area (Å²) in [5, 5.41) is 7.06. The molecule has 0 radical (unpaired) electrons.